The summed E-state index contributed by atoms with van der Waals surface area (Å²) in [7, 11) is 0. The first kappa shape index (κ1) is 25.5. The molecule has 9 heteroatoms. The Bertz CT molecular complexity index is 1180. The highest BCUT2D eigenvalue weighted by atomic mass is 35.5. The standard InChI is InChI=1S/C25H25ClF3NO4/c1-14(2)13-32-24-22(26)11-21(12-23(24)34-25(27,28)29)33-20-8-7-18-9-17(5-6-19(18)10-20)15(3)30-16(4)31/h5-12,14-15H,13H2,1-4H3,(H,30,31). The summed E-state index contributed by atoms with van der Waals surface area (Å²) in [6.45, 7) is 7.24. The lowest BCUT2D eigenvalue weighted by Crippen LogP contribution is -2.23. The normalized spacial score (nSPS) is 12.5. The lowest BCUT2D eigenvalue weighted by molar-refractivity contribution is -0.275. The molecule has 34 heavy (non-hydrogen) atoms. The lowest BCUT2D eigenvalue weighted by atomic mass is 10.0. The maximum Gasteiger partial charge on any atom is 0.573 e. The summed E-state index contributed by atoms with van der Waals surface area (Å²) < 4.78 is 54.3. The molecule has 0 fully saturated rings. The van der Waals surface area contributed by atoms with Crippen LogP contribution in [0.3, 0.4) is 0 Å². The molecule has 182 valence electrons. The molecule has 1 N–H and O–H groups in total. The number of halogens is 4. The van der Waals surface area contributed by atoms with Crippen LogP contribution >= 0.6 is 11.6 Å². The van der Waals surface area contributed by atoms with Gasteiger partial charge in [0.2, 0.25) is 5.91 Å². The van der Waals surface area contributed by atoms with E-state index in [4.69, 9.17) is 21.1 Å². The highest BCUT2D eigenvalue weighted by Gasteiger charge is 2.33. The molecule has 3 aromatic carbocycles. The number of fused-ring (bicyclic) bond motifs is 1. The first-order valence-corrected chi connectivity index (χ1v) is 11.0. The van der Waals surface area contributed by atoms with E-state index in [2.05, 4.69) is 10.1 Å². The Morgan fingerprint density at radius 2 is 1.68 bits per heavy atom. The van der Waals surface area contributed by atoms with Crippen LogP contribution in [0.15, 0.2) is 48.5 Å². The molecule has 3 aromatic rings. The zero-order valence-corrected chi connectivity index (χ0v) is 19.9. The molecule has 0 aliphatic rings. The first-order chi connectivity index (χ1) is 15.9. The van der Waals surface area contributed by atoms with Gasteiger partial charge in [0.05, 0.1) is 17.7 Å². The van der Waals surface area contributed by atoms with Gasteiger partial charge in [0.25, 0.3) is 0 Å². The molecule has 1 amide bonds. The van der Waals surface area contributed by atoms with E-state index < -0.39 is 12.1 Å². The van der Waals surface area contributed by atoms with Gasteiger partial charge in [-0.3, -0.25) is 4.79 Å². The maximum absolute atomic E-state index is 13.0. The minimum atomic E-state index is -4.92. The molecule has 0 aromatic heterocycles. The molecule has 5 nitrogen and oxygen atoms in total. The monoisotopic (exact) mass is 495 g/mol. The molecule has 0 spiro atoms. The van der Waals surface area contributed by atoms with Gasteiger partial charge >= 0.3 is 6.36 Å². The third kappa shape index (κ3) is 6.93. The van der Waals surface area contributed by atoms with Gasteiger partial charge in [-0.1, -0.05) is 43.6 Å². The molecule has 0 aliphatic heterocycles. The molecule has 3 rings (SSSR count). The second-order valence-electron chi connectivity index (χ2n) is 8.28. The van der Waals surface area contributed by atoms with Crippen molar-refractivity contribution in [3.05, 3.63) is 59.1 Å². The predicted octanol–water partition coefficient (Wildman–Crippen LogP) is 7.42. The summed E-state index contributed by atoms with van der Waals surface area (Å²) >= 11 is 6.21. The Hall–Kier alpha value is -3.13. The van der Waals surface area contributed by atoms with E-state index in [0.717, 1.165) is 22.4 Å². The number of rotatable bonds is 8. The van der Waals surface area contributed by atoms with Gasteiger partial charge in [0, 0.05) is 19.1 Å². The van der Waals surface area contributed by atoms with Crippen LogP contribution < -0.4 is 19.5 Å². The molecular formula is C25H25ClF3NO4. The largest absolute Gasteiger partial charge is 0.573 e. The van der Waals surface area contributed by atoms with Gasteiger partial charge in [-0.05, 0) is 47.4 Å². The quantitative estimate of drug-likeness (QED) is 0.353. The topological polar surface area (TPSA) is 56.8 Å². The zero-order valence-electron chi connectivity index (χ0n) is 19.1. The summed E-state index contributed by atoms with van der Waals surface area (Å²) in [5.74, 6) is -0.349. The van der Waals surface area contributed by atoms with Crippen LogP contribution in [0.4, 0.5) is 13.2 Å². The van der Waals surface area contributed by atoms with Crippen molar-refractivity contribution in [3.63, 3.8) is 0 Å². The average molecular weight is 496 g/mol. The van der Waals surface area contributed by atoms with Crippen molar-refractivity contribution in [1.82, 2.24) is 5.32 Å². The van der Waals surface area contributed by atoms with Crippen molar-refractivity contribution in [2.45, 2.75) is 40.1 Å². The Balaban J connectivity index is 1.88. The fourth-order valence-corrected chi connectivity index (χ4v) is 3.55. The SMILES string of the molecule is CC(=O)NC(C)c1ccc2cc(Oc3cc(Cl)c(OCC(C)C)c(OC(F)(F)F)c3)ccc2c1. The van der Waals surface area contributed by atoms with Gasteiger partial charge in [-0.25, -0.2) is 0 Å². The van der Waals surface area contributed by atoms with Crippen molar-refractivity contribution in [1.29, 1.82) is 0 Å². The third-order valence-corrected chi connectivity index (χ3v) is 5.04. The van der Waals surface area contributed by atoms with E-state index in [1.807, 2.05) is 45.0 Å². The number of carbonyl (C=O) groups excluding carboxylic acids is 1. The van der Waals surface area contributed by atoms with Gasteiger partial charge in [0.1, 0.15) is 11.5 Å². The smallest absolute Gasteiger partial charge is 0.488 e. The van der Waals surface area contributed by atoms with Crippen molar-refractivity contribution < 1.29 is 32.2 Å². The number of benzene rings is 3. The second kappa shape index (κ2) is 10.4. The Labute approximate surface area is 200 Å². The van der Waals surface area contributed by atoms with E-state index in [0.29, 0.717) is 5.75 Å². The Kier molecular flexibility index (Phi) is 7.82. The van der Waals surface area contributed by atoms with Gasteiger partial charge in [-0.15, -0.1) is 13.2 Å². The summed E-state index contributed by atoms with van der Waals surface area (Å²) in [6.07, 6.45) is -4.92. The maximum atomic E-state index is 13.0. The molecule has 0 saturated heterocycles. The number of hydrogen-bond acceptors (Lipinski definition) is 4. The number of hydrogen-bond donors (Lipinski definition) is 1. The second-order valence-corrected chi connectivity index (χ2v) is 8.68. The molecule has 1 atom stereocenters. The number of ether oxygens (including phenoxy) is 3. The lowest BCUT2D eigenvalue weighted by Gasteiger charge is -2.18. The number of alkyl halides is 3. The Morgan fingerprint density at radius 1 is 1.00 bits per heavy atom. The van der Waals surface area contributed by atoms with Gasteiger partial charge in [-0.2, -0.15) is 0 Å². The van der Waals surface area contributed by atoms with E-state index in [1.54, 1.807) is 12.1 Å². The molecule has 0 saturated carbocycles. The fraction of sp³-hybridized carbons (Fsp3) is 0.320. The van der Waals surface area contributed by atoms with E-state index in [9.17, 15) is 18.0 Å². The van der Waals surface area contributed by atoms with Crippen LogP contribution in [0.2, 0.25) is 5.02 Å². The molecule has 0 radical (unpaired) electrons. The van der Waals surface area contributed by atoms with E-state index >= 15 is 0 Å². The van der Waals surface area contributed by atoms with Gasteiger partial charge in [0.15, 0.2) is 11.5 Å². The summed E-state index contributed by atoms with van der Waals surface area (Å²) in [5.41, 5.74) is 0.939. The number of amides is 1. The molecule has 0 heterocycles. The fourth-order valence-electron chi connectivity index (χ4n) is 3.29. The molecule has 0 bridgehead atoms. The first-order valence-electron chi connectivity index (χ1n) is 10.6. The number of nitrogens with one attached hydrogen (secondary N) is 1. The highest BCUT2D eigenvalue weighted by Crippen LogP contribution is 2.43. The summed E-state index contributed by atoms with van der Waals surface area (Å²) in [4.78, 5) is 11.3. The minimum absolute atomic E-state index is 0.0604. The van der Waals surface area contributed by atoms with Crippen molar-refractivity contribution >= 4 is 28.3 Å². The van der Waals surface area contributed by atoms with Crippen LogP contribution in [-0.2, 0) is 4.79 Å². The third-order valence-electron chi connectivity index (χ3n) is 4.76. The number of carbonyl (C=O) groups is 1. The van der Waals surface area contributed by atoms with Crippen LogP contribution in [0, 0.1) is 5.92 Å². The minimum Gasteiger partial charge on any atom is -0.488 e. The average Bonchev–Trinajstić information content (AvgIpc) is 2.71. The van der Waals surface area contributed by atoms with Crippen LogP contribution in [0.25, 0.3) is 10.8 Å². The van der Waals surface area contributed by atoms with Crippen molar-refractivity contribution in [2.75, 3.05) is 6.61 Å². The molecule has 0 aliphatic carbocycles. The van der Waals surface area contributed by atoms with Gasteiger partial charge < -0.3 is 19.5 Å². The molecular weight excluding hydrogens is 471 g/mol. The Morgan fingerprint density at radius 3 is 2.32 bits per heavy atom. The van der Waals surface area contributed by atoms with Crippen LogP contribution in [0.5, 0.6) is 23.0 Å². The molecule has 1 unspecified atom stereocenters. The predicted molar refractivity (Wildman–Crippen MR) is 125 cm³/mol. The van der Waals surface area contributed by atoms with Crippen LogP contribution in [-0.4, -0.2) is 18.9 Å². The highest BCUT2D eigenvalue weighted by molar-refractivity contribution is 6.32. The van der Waals surface area contributed by atoms with Crippen molar-refractivity contribution in [3.8, 4) is 23.0 Å². The summed E-state index contributed by atoms with van der Waals surface area (Å²) in [6, 6.07) is 13.3. The van der Waals surface area contributed by atoms with E-state index in [-0.39, 0.29) is 41.0 Å². The summed E-state index contributed by atoms with van der Waals surface area (Å²) in [5, 5.41) is 4.54. The van der Waals surface area contributed by atoms with Crippen molar-refractivity contribution in [2.24, 2.45) is 5.92 Å². The van der Waals surface area contributed by atoms with E-state index in [1.165, 1.54) is 13.0 Å². The van der Waals surface area contributed by atoms with Crippen LogP contribution in [0.1, 0.15) is 39.3 Å². The zero-order chi connectivity index (χ0) is 25.0.